The van der Waals surface area contributed by atoms with Gasteiger partial charge in [0, 0.05) is 25.2 Å². The minimum atomic E-state index is 0.384. The number of rotatable bonds is 5. The first-order valence-electron chi connectivity index (χ1n) is 6.37. The molecular weight excluding hydrogens is 271 g/mol. The van der Waals surface area contributed by atoms with Gasteiger partial charge in [0.25, 0.3) is 0 Å². The lowest BCUT2D eigenvalue weighted by atomic mass is 10.2. The van der Waals surface area contributed by atoms with E-state index in [1.807, 2.05) is 0 Å². The molecule has 0 bridgehead atoms. The minimum absolute atomic E-state index is 0.384. The molecule has 2 heterocycles. The summed E-state index contributed by atoms with van der Waals surface area (Å²) in [5, 5.41) is 11.9. The summed E-state index contributed by atoms with van der Waals surface area (Å²) in [7, 11) is 0. The zero-order chi connectivity index (χ0) is 13.0. The molecule has 1 aromatic heterocycles. The van der Waals surface area contributed by atoms with Gasteiger partial charge >= 0.3 is 0 Å². The van der Waals surface area contributed by atoms with Gasteiger partial charge < -0.3 is 10.2 Å². The summed E-state index contributed by atoms with van der Waals surface area (Å²) in [6.45, 7) is 5.14. The van der Waals surface area contributed by atoms with Crippen LogP contribution in [0.5, 0.6) is 0 Å². The molecule has 2 rings (SSSR count). The lowest BCUT2D eigenvalue weighted by Crippen LogP contribution is -2.38. The summed E-state index contributed by atoms with van der Waals surface area (Å²) in [5.41, 5.74) is 0.882. The van der Waals surface area contributed by atoms with Gasteiger partial charge in [0.15, 0.2) is 10.3 Å². The highest BCUT2D eigenvalue weighted by atomic mass is 35.5. The van der Waals surface area contributed by atoms with Crippen molar-refractivity contribution in [3.05, 3.63) is 16.4 Å². The number of nitrogens with zero attached hydrogens (tertiary/aromatic N) is 3. The van der Waals surface area contributed by atoms with Crippen LogP contribution in [-0.2, 0) is 0 Å². The van der Waals surface area contributed by atoms with Crippen LogP contribution in [-0.4, -0.2) is 35.9 Å². The third-order valence-electron chi connectivity index (χ3n) is 3.14. The largest absolute Gasteiger partial charge is 0.367 e. The molecule has 0 spiro atoms. The number of hydrogen-bond acceptors (Lipinski definition) is 4. The Morgan fingerprint density at radius 2 is 2.28 bits per heavy atom. The van der Waals surface area contributed by atoms with Gasteiger partial charge in [-0.05, 0) is 25.8 Å². The van der Waals surface area contributed by atoms with E-state index in [0.717, 1.165) is 31.7 Å². The zero-order valence-corrected chi connectivity index (χ0v) is 12.0. The van der Waals surface area contributed by atoms with Crippen LogP contribution in [0.15, 0.2) is 6.07 Å². The Morgan fingerprint density at radius 3 is 2.94 bits per heavy atom. The molecule has 1 aliphatic heterocycles. The van der Waals surface area contributed by atoms with Crippen LogP contribution in [0.1, 0.15) is 26.2 Å². The maximum Gasteiger partial charge on any atom is 0.175 e. The Bertz CT molecular complexity index is 394. The second kappa shape index (κ2) is 6.55. The van der Waals surface area contributed by atoms with E-state index in [4.69, 9.17) is 23.2 Å². The highest BCUT2D eigenvalue weighted by molar-refractivity contribution is 6.33. The van der Waals surface area contributed by atoms with Gasteiger partial charge in [0.1, 0.15) is 0 Å². The molecule has 1 aliphatic rings. The maximum absolute atomic E-state index is 6.12. The fourth-order valence-electron chi connectivity index (χ4n) is 2.32. The van der Waals surface area contributed by atoms with Crippen molar-refractivity contribution in [3.63, 3.8) is 0 Å². The van der Waals surface area contributed by atoms with Crippen molar-refractivity contribution in [2.24, 2.45) is 0 Å². The van der Waals surface area contributed by atoms with Crippen LogP contribution in [0.25, 0.3) is 0 Å². The number of halogens is 2. The van der Waals surface area contributed by atoms with Crippen LogP contribution in [0.4, 0.5) is 5.69 Å². The number of nitrogens with one attached hydrogen (secondary N) is 1. The Labute approximate surface area is 118 Å². The zero-order valence-electron chi connectivity index (χ0n) is 10.5. The molecule has 6 heteroatoms. The van der Waals surface area contributed by atoms with Crippen molar-refractivity contribution < 1.29 is 0 Å². The molecule has 0 aromatic carbocycles. The Balaban J connectivity index is 2.14. The quantitative estimate of drug-likeness (QED) is 0.905. The summed E-state index contributed by atoms with van der Waals surface area (Å²) in [5.74, 6) is 0. The Hall–Kier alpha value is -0.580. The lowest BCUT2D eigenvalue weighted by molar-refractivity contribution is 0.578. The Morgan fingerprint density at radius 1 is 1.44 bits per heavy atom. The second-order valence-corrected chi connectivity index (χ2v) is 5.33. The molecule has 1 fully saturated rings. The number of anilines is 1. The van der Waals surface area contributed by atoms with E-state index in [1.54, 1.807) is 6.07 Å². The van der Waals surface area contributed by atoms with Gasteiger partial charge in [-0.2, -0.15) is 0 Å². The molecule has 4 nitrogen and oxygen atoms in total. The predicted molar refractivity (Wildman–Crippen MR) is 75.6 cm³/mol. The van der Waals surface area contributed by atoms with Gasteiger partial charge in [0.05, 0.1) is 5.69 Å². The fourth-order valence-corrected chi connectivity index (χ4v) is 2.68. The molecule has 1 N–H and O–H groups in total. The standard InChI is InChI=1S/C12H18Cl2N4/c1-2-6-18(8-9-4-3-5-15-9)10-7-11(13)16-17-12(10)14/h7,9,15H,2-6,8H2,1H3. The first kappa shape index (κ1) is 13.8. The molecule has 1 atom stereocenters. The molecule has 0 radical (unpaired) electrons. The smallest absolute Gasteiger partial charge is 0.175 e. The third-order valence-corrected chi connectivity index (χ3v) is 3.59. The van der Waals surface area contributed by atoms with Crippen molar-refractivity contribution >= 4 is 28.9 Å². The summed E-state index contributed by atoms with van der Waals surface area (Å²) in [4.78, 5) is 2.24. The van der Waals surface area contributed by atoms with Gasteiger partial charge in [-0.25, -0.2) is 0 Å². The van der Waals surface area contributed by atoms with E-state index in [0.29, 0.717) is 16.3 Å². The molecule has 1 saturated heterocycles. The SMILES string of the molecule is CCCN(CC1CCCN1)c1cc(Cl)nnc1Cl. The van der Waals surface area contributed by atoms with E-state index < -0.39 is 0 Å². The Kier molecular flexibility index (Phi) is 5.03. The monoisotopic (exact) mass is 288 g/mol. The molecule has 0 aliphatic carbocycles. The van der Waals surface area contributed by atoms with E-state index in [-0.39, 0.29) is 0 Å². The molecule has 100 valence electrons. The summed E-state index contributed by atoms with van der Waals surface area (Å²) < 4.78 is 0. The molecule has 0 saturated carbocycles. The minimum Gasteiger partial charge on any atom is -0.367 e. The average molecular weight is 289 g/mol. The predicted octanol–water partition coefficient (Wildman–Crippen LogP) is 2.75. The summed E-state index contributed by atoms with van der Waals surface area (Å²) in [6.07, 6.45) is 3.51. The van der Waals surface area contributed by atoms with Crippen LogP contribution < -0.4 is 10.2 Å². The van der Waals surface area contributed by atoms with Crippen LogP contribution in [0.2, 0.25) is 10.3 Å². The van der Waals surface area contributed by atoms with E-state index >= 15 is 0 Å². The number of aromatic nitrogens is 2. The van der Waals surface area contributed by atoms with E-state index in [2.05, 4.69) is 27.3 Å². The first-order chi connectivity index (χ1) is 8.70. The van der Waals surface area contributed by atoms with Gasteiger partial charge in [0.2, 0.25) is 0 Å². The van der Waals surface area contributed by atoms with Crippen LogP contribution in [0, 0.1) is 0 Å². The summed E-state index contributed by atoms with van der Waals surface area (Å²) in [6, 6.07) is 2.32. The van der Waals surface area contributed by atoms with Crippen molar-refractivity contribution in [1.29, 1.82) is 0 Å². The lowest BCUT2D eigenvalue weighted by Gasteiger charge is -2.27. The van der Waals surface area contributed by atoms with Crippen molar-refractivity contribution in [2.75, 3.05) is 24.5 Å². The molecule has 1 aromatic rings. The highest BCUT2D eigenvalue weighted by Gasteiger charge is 2.20. The van der Waals surface area contributed by atoms with Crippen molar-refractivity contribution in [1.82, 2.24) is 15.5 Å². The van der Waals surface area contributed by atoms with Crippen molar-refractivity contribution in [3.8, 4) is 0 Å². The molecule has 1 unspecified atom stereocenters. The van der Waals surface area contributed by atoms with E-state index in [1.165, 1.54) is 12.8 Å². The average Bonchev–Trinajstić information content (AvgIpc) is 2.85. The third kappa shape index (κ3) is 3.46. The number of hydrogen-bond donors (Lipinski definition) is 1. The normalized spacial score (nSPS) is 19.2. The molecule has 18 heavy (non-hydrogen) atoms. The van der Waals surface area contributed by atoms with Gasteiger partial charge in [-0.3, -0.25) is 0 Å². The van der Waals surface area contributed by atoms with Crippen LogP contribution in [0.3, 0.4) is 0 Å². The molecular formula is C12H18Cl2N4. The van der Waals surface area contributed by atoms with Gasteiger partial charge in [-0.1, -0.05) is 30.1 Å². The van der Waals surface area contributed by atoms with Crippen molar-refractivity contribution in [2.45, 2.75) is 32.2 Å². The van der Waals surface area contributed by atoms with Gasteiger partial charge in [-0.15, -0.1) is 10.2 Å². The second-order valence-electron chi connectivity index (χ2n) is 4.58. The van der Waals surface area contributed by atoms with E-state index in [9.17, 15) is 0 Å². The first-order valence-corrected chi connectivity index (χ1v) is 7.13. The topological polar surface area (TPSA) is 41.0 Å². The van der Waals surface area contributed by atoms with Crippen LogP contribution >= 0.6 is 23.2 Å². The molecule has 0 amide bonds. The summed E-state index contributed by atoms with van der Waals surface area (Å²) >= 11 is 12.0. The highest BCUT2D eigenvalue weighted by Crippen LogP contribution is 2.26. The fraction of sp³-hybridized carbons (Fsp3) is 0.667. The maximum atomic E-state index is 6.12.